The Kier molecular flexibility index (Phi) is 9.45. The molecule has 1 aromatic rings. The number of nitrogens with zero attached hydrogens (tertiary/aromatic N) is 2. The lowest BCUT2D eigenvalue weighted by atomic mass is 10.1. The fraction of sp³-hybridized carbons (Fsp3) is 0.542. The van der Waals surface area contributed by atoms with E-state index in [4.69, 9.17) is 4.43 Å². The van der Waals surface area contributed by atoms with Gasteiger partial charge in [0.1, 0.15) is 5.84 Å². The highest BCUT2D eigenvalue weighted by atomic mass is 79.9. The van der Waals surface area contributed by atoms with Crippen LogP contribution in [0.2, 0.25) is 18.1 Å². The zero-order valence-corrected chi connectivity index (χ0v) is 23.1. The summed E-state index contributed by atoms with van der Waals surface area (Å²) in [6.07, 6.45) is 2.33. The van der Waals surface area contributed by atoms with E-state index in [0.29, 0.717) is 31.0 Å². The van der Waals surface area contributed by atoms with Crippen LogP contribution < -0.4 is 5.32 Å². The van der Waals surface area contributed by atoms with E-state index in [1.807, 2.05) is 36.1 Å². The number of hydrogen-bond acceptors (Lipinski definition) is 4. The molecule has 1 aliphatic heterocycles. The summed E-state index contributed by atoms with van der Waals surface area (Å²) < 4.78 is 7.10. The van der Waals surface area contributed by atoms with E-state index in [0.717, 1.165) is 22.9 Å². The van der Waals surface area contributed by atoms with Crippen LogP contribution in [0.15, 0.2) is 33.2 Å². The summed E-state index contributed by atoms with van der Waals surface area (Å²) in [7, 11) is -1.83. The van der Waals surface area contributed by atoms with Gasteiger partial charge in [0, 0.05) is 41.7 Å². The molecule has 0 aliphatic carbocycles. The summed E-state index contributed by atoms with van der Waals surface area (Å²) in [5.74, 6) is 0.136. The van der Waals surface area contributed by atoms with Crippen LogP contribution in [0.1, 0.15) is 52.5 Å². The lowest BCUT2D eigenvalue weighted by Gasteiger charge is -2.36. The van der Waals surface area contributed by atoms with E-state index in [9.17, 15) is 14.7 Å². The van der Waals surface area contributed by atoms with Crippen LogP contribution in [0, 0.1) is 0 Å². The first-order valence-electron chi connectivity index (χ1n) is 11.3. The largest absolute Gasteiger partial charge is 0.465 e. The molecule has 0 fully saturated rings. The second kappa shape index (κ2) is 11.4. The minimum absolute atomic E-state index is 0.0974. The standard InChI is InChI=1S/C24H36BrN3O4Si/c1-7-11-28(12-8-13-32-33(5,6)24(2,3)4)22(29)18-14-17-9-10-19(25)16-20(17)26-21(15-18)27-23(30)31/h9-10,14,16H,7-8,11-13,15H2,1-6H3,(H,26,27)(H,30,31). The molecule has 7 nitrogen and oxygen atoms in total. The molecule has 182 valence electrons. The molecule has 0 saturated carbocycles. The molecule has 0 bridgehead atoms. The molecular formula is C24H36BrN3O4Si. The molecule has 0 spiro atoms. The average Bonchev–Trinajstić information content (AvgIpc) is 2.86. The summed E-state index contributed by atoms with van der Waals surface area (Å²) in [5.41, 5.74) is 1.91. The molecule has 1 aliphatic rings. The second-order valence-corrected chi connectivity index (χ2v) is 15.5. The van der Waals surface area contributed by atoms with E-state index < -0.39 is 14.4 Å². The number of benzene rings is 1. The van der Waals surface area contributed by atoms with Crippen molar-refractivity contribution in [1.82, 2.24) is 10.2 Å². The van der Waals surface area contributed by atoms with Crippen LogP contribution >= 0.6 is 15.9 Å². The second-order valence-electron chi connectivity index (χ2n) is 9.79. The van der Waals surface area contributed by atoms with Crippen molar-refractivity contribution in [1.29, 1.82) is 0 Å². The van der Waals surface area contributed by atoms with Gasteiger partial charge in [0.2, 0.25) is 5.91 Å². The Bertz CT molecular complexity index is 938. The van der Waals surface area contributed by atoms with Crippen LogP contribution in [-0.4, -0.2) is 55.9 Å². The Morgan fingerprint density at radius 2 is 1.97 bits per heavy atom. The molecule has 0 radical (unpaired) electrons. The average molecular weight is 539 g/mol. The lowest BCUT2D eigenvalue weighted by Crippen LogP contribution is -2.41. The van der Waals surface area contributed by atoms with Crippen molar-refractivity contribution in [2.45, 2.75) is 65.1 Å². The van der Waals surface area contributed by atoms with Crippen molar-refractivity contribution in [3.8, 4) is 0 Å². The van der Waals surface area contributed by atoms with Crippen molar-refractivity contribution >= 4 is 53.8 Å². The summed E-state index contributed by atoms with van der Waals surface area (Å²) >= 11 is 3.42. The first-order chi connectivity index (χ1) is 15.3. The molecule has 1 heterocycles. The predicted molar refractivity (Wildman–Crippen MR) is 140 cm³/mol. The smallest absolute Gasteiger partial charge is 0.410 e. The van der Waals surface area contributed by atoms with E-state index in [2.05, 4.69) is 60.1 Å². The van der Waals surface area contributed by atoms with Gasteiger partial charge in [-0.3, -0.25) is 10.1 Å². The van der Waals surface area contributed by atoms with Gasteiger partial charge in [-0.05, 0) is 49.2 Å². The van der Waals surface area contributed by atoms with Crippen molar-refractivity contribution in [3.63, 3.8) is 0 Å². The van der Waals surface area contributed by atoms with Crippen molar-refractivity contribution < 1.29 is 19.1 Å². The van der Waals surface area contributed by atoms with Crippen LogP contribution in [0.4, 0.5) is 10.5 Å². The molecule has 0 unspecified atom stereocenters. The molecule has 0 aromatic heterocycles. The van der Waals surface area contributed by atoms with Gasteiger partial charge in [0.05, 0.1) is 5.69 Å². The summed E-state index contributed by atoms with van der Waals surface area (Å²) in [4.78, 5) is 31.1. The number of nitrogens with one attached hydrogen (secondary N) is 1. The Morgan fingerprint density at radius 3 is 2.58 bits per heavy atom. The van der Waals surface area contributed by atoms with E-state index in [-0.39, 0.29) is 23.2 Å². The highest BCUT2D eigenvalue weighted by Gasteiger charge is 2.36. The number of amides is 2. The van der Waals surface area contributed by atoms with Crippen LogP contribution in [0.3, 0.4) is 0 Å². The Labute approximate surface area is 206 Å². The van der Waals surface area contributed by atoms with Crippen molar-refractivity contribution in [3.05, 3.63) is 33.8 Å². The molecule has 0 atom stereocenters. The third-order valence-electron chi connectivity index (χ3n) is 6.08. The summed E-state index contributed by atoms with van der Waals surface area (Å²) in [6, 6.07) is 5.56. The fourth-order valence-corrected chi connectivity index (χ4v) is 4.70. The number of halogens is 1. The van der Waals surface area contributed by atoms with E-state index >= 15 is 0 Å². The molecule has 2 rings (SSSR count). The quantitative estimate of drug-likeness (QED) is 0.305. The van der Waals surface area contributed by atoms with Gasteiger partial charge in [-0.1, -0.05) is 49.7 Å². The number of amidine groups is 1. The highest BCUT2D eigenvalue weighted by Crippen LogP contribution is 2.36. The van der Waals surface area contributed by atoms with Gasteiger partial charge in [-0.2, -0.15) is 0 Å². The summed E-state index contributed by atoms with van der Waals surface area (Å²) in [6.45, 7) is 15.0. The van der Waals surface area contributed by atoms with Crippen LogP contribution in [0.5, 0.6) is 0 Å². The monoisotopic (exact) mass is 537 g/mol. The first kappa shape index (κ1) is 27.3. The number of hydrogen-bond donors (Lipinski definition) is 2. The summed E-state index contributed by atoms with van der Waals surface area (Å²) in [5, 5.41) is 11.7. The van der Waals surface area contributed by atoms with Gasteiger partial charge >= 0.3 is 6.09 Å². The van der Waals surface area contributed by atoms with E-state index in [1.54, 1.807) is 0 Å². The molecule has 1 aromatic carbocycles. The zero-order valence-electron chi connectivity index (χ0n) is 20.5. The SMILES string of the molecule is CCCN(CCCO[Si](C)(C)C(C)(C)C)C(=O)C1=Cc2ccc(Br)cc2N=C(NC(=O)O)C1. The number of aliphatic imine (C=N–C) groups is 1. The number of rotatable bonds is 8. The maximum Gasteiger partial charge on any atom is 0.410 e. The van der Waals surface area contributed by atoms with Crippen molar-refractivity contribution in [2.24, 2.45) is 4.99 Å². The normalized spacial score (nSPS) is 14.0. The van der Waals surface area contributed by atoms with Gasteiger partial charge < -0.3 is 14.4 Å². The third-order valence-corrected chi connectivity index (χ3v) is 11.1. The number of carbonyl (C=O) groups excluding carboxylic acids is 1. The molecule has 9 heteroatoms. The van der Waals surface area contributed by atoms with E-state index in [1.165, 1.54) is 0 Å². The predicted octanol–water partition coefficient (Wildman–Crippen LogP) is 6.18. The highest BCUT2D eigenvalue weighted by molar-refractivity contribution is 9.10. The Hall–Kier alpha value is -1.97. The molecule has 33 heavy (non-hydrogen) atoms. The van der Waals surface area contributed by atoms with Crippen molar-refractivity contribution in [2.75, 3.05) is 19.7 Å². The van der Waals surface area contributed by atoms with Gasteiger partial charge in [0.15, 0.2) is 8.32 Å². The third kappa shape index (κ3) is 7.79. The number of carbonyl (C=O) groups is 2. The number of fused-ring (bicyclic) bond motifs is 1. The van der Waals surface area contributed by atoms with Gasteiger partial charge in [-0.25, -0.2) is 9.79 Å². The zero-order chi connectivity index (χ0) is 24.8. The Morgan fingerprint density at radius 1 is 1.27 bits per heavy atom. The maximum absolute atomic E-state index is 13.5. The van der Waals surface area contributed by atoms with Crippen LogP contribution in [-0.2, 0) is 9.22 Å². The van der Waals surface area contributed by atoms with Gasteiger partial charge in [0.25, 0.3) is 0 Å². The molecule has 2 amide bonds. The number of carboxylic acid groups (broad SMARTS) is 1. The molecular weight excluding hydrogens is 502 g/mol. The minimum Gasteiger partial charge on any atom is -0.465 e. The Balaban J connectivity index is 2.19. The maximum atomic E-state index is 13.5. The first-order valence-corrected chi connectivity index (χ1v) is 15.0. The fourth-order valence-electron chi connectivity index (χ4n) is 3.26. The molecule has 2 N–H and O–H groups in total. The minimum atomic E-state index is -1.83. The lowest BCUT2D eigenvalue weighted by molar-refractivity contribution is -0.127. The van der Waals surface area contributed by atoms with Crippen LogP contribution in [0.25, 0.3) is 6.08 Å². The topological polar surface area (TPSA) is 91.2 Å². The van der Waals surface area contributed by atoms with Gasteiger partial charge in [-0.15, -0.1) is 0 Å². The molecule has 0 saturated heterocycles.